The molecule has 5 nitrogen and oxygen atoms in total. The van der Waals surface area contributed by atoms with Gasteiger partial charge in [0, 0.05) is 37.6 Å². The van der Waals surface area contributed by atoms with Crippen LogP contribution in [0.1, 0.15) is 12.1 Å². The van der Waals surface area contributed by atoms with Crippen molar-refractivity contribution in [1.82, 2.24) is 14.3 Å². The van der Waals surface area contributed by atoms with Crippen LogP contribution in [0.5, 0.6) is 0 Å². The van der Waals surface area contributed by atoms with Crippen LogP contribution in [0.3, 0.4) is 0 Å². The Bertz CT molecular complexity index is 578. The first kappa shape index (κ1) is 11.2. The predicted octanol–water partition coefficient (Wildman–Crippen LogP) is 0.470. The molecule has 1 unspecified atom stereocenters. The summed E-state index contributed by atoms with van der Waals surface area (Å²) in [5.74, 6) is 0.0383. The monoisotopic (exact) mass is 245 g/mol. The molecule has 1 N–H and O–H groups in total. The van der Waals surface area contributed by atoms with Gasteiger partial charge in [-0.05, 0) is 12.1 Å². The molecule has 1 aliphatic heterocycles. The molecule has 2 aromatic rings. The number of nitrogens with zero attached hydrogens (tertiary/aromatic N) is 3. The molecule has 1 saturated heterocycles. The van der Waals surface area contributed by atoms with Gasteiger partial charge in [0.25, 0.3) is 0 Å². The Morgan fingerprint density at radius 3 is 3.11 bits per heavy atom. The van der Waals surface area contributed by atoms with Crippen molar-refractivity contribution in [3.05, 3.63) is 36.3 Å². The fraction of sp³-hybridized carbons (Fsp3) is 0.385. The SMILES string of the molecule is O=C1CC(O)CN1CCc1cnc2ccccn12. The summed E-state index contributed by atoms with van der Waals surface area (Å²) in [6.45, 7) is 1.09. The lowest BCUT2D eigenvalue weighted by molar-refractivity contribution is -0.127. The van der Waals surface area contributed by atoms with Crippen LogP contribution in [0.25, 0.3) is 5.65 Å². The molecule has 0 aromatic carbocycles. The average Bonchev–Trinajstić information content (AvgIpc) is 2.90. The molecule has 18 heavy (non-hydrogen) atoms. The van der Waals surface area contributed by atoms with Crippen molar-refractivity contribution in [2.75, 3.05) is 13.1 Å². The number of hydrogen-bond acceptors (Lipinski definition) is 3. The normalized spacial score (nSPS) is 19.9. The van der Waals surface area contributed by atoms with Crippen molar-refractivity contribution < 1.29 is 9.90 Å². The van der Waals surface area contributed by atoms with Gasteiger partial charge >= 0.3 is 0 Å². The number of aliphatic hydroxyl groups excluding tert-OH is 1. The van der Waals surface area contributed by atoms with E-state index in [1.165, 1.54) is 0 Å². The van der Waals surface area contributed by atoms with Crippen LogP contribution >= 0.6 is 0 Å². The molecule has 1 amide bonds. The first-order valence-electron chi connectivity index (χ1n) is 6.11. The highest BCUT2D eigenvalue weighted by Gasteiger charge is 2.27. The number of β-amino-alcohol motifs (C(OH)–C–C–N with tert-alkyl or cyclic N) is 1. The van der Waals surface area contributed by atoms with E-state index in [-0.39, 0.29) is 12.3 Å². The van der Waals surface area contributed by atoms with Crippen molar-refractivity contribution >= 4 is 11.6 Å². The third-order valence-corrected chi connectivity index (χ3v) is 3.33. The van der Waals surface area contributed by atoms with Gasteiger partial charge in [0.05, 0.1) is 12.5 Å². The van der Waals surface area contributed by atoms with Gasteiger partial charge in [0.1, 0.15) is 5.65 Å². The molecule has 5 heteroatoms. The maximum absolute atomic E-state index is 11.6. The number of hydrogen-bond donors (Lipinski definition) is 1. The first-order chi connectivity index (χ1) is 8.74. The van der Waals surface area contributed by atoms with Crippen molar-refractivity contribution in [1.29, 1.82) is 0 Å². The number of pyridine rings is 1. The van der Waals surface area contributed by atoms with Crippen molar-refractivity contribution in [2.45, 2.75) is 18.9 Å². The van der Waals surface area contributed by atoms with Crippen LogP contribution in [0, 0.1) is 0 Å². The molecule has 2 aromatic heterocycles. The Kier molecular flexibility index (Phi) is 2.76. The molecule has 94 valence electrons. The molecule has 0 radical (unpaired) electrons. The Morgan fingerprint density at radius 1 is 1.44 bits per heavy atom. The predicted molar refractivity (Wildman–Crippen MR) is 66.1 cm³/mol. The summed E-state index contributed by atoms with van der Waals surface area (Å²) in [5.41, 5.74) is 2.00. The molecular formula is C13H15N3O2. The topological polar surface area (TPSA) is 57.8 Å². The number of amides is 1. The average molecular weight is 245 g/mol. The summed E-state index contributed by atoms with van der Waals surface area (Å²) in [4.78, 5) is 17.6. The van der Waals surface area contributed by atoms with Crippen molar-refractivity contribution in [2.24, 2.45) is 0 Å². The van der Waals surface area contributed by atoms with E-state index in [2.05, 4.69) is 4.98 Å². The smallest absolute Gasteiger partial charge is 0.225 e. The summed E-state index contributed by atoms with van der Waals surface area (Å²) in [6, 6.07) is 5.86. The molecule has 3 rings (SSSR count). The Balaban J connectivity index is 1.72. The number of aromatic nitrogens is 2. The molecule has 3 heterocycles. The summed E-state index contributed by atoms with van der Waals surface area (Å²) < 4.78 is 2.02. The lowest BCUT2D eigenvalue weighted by Crippen LogP contribution is -2.28. The van der Waals surface area contributed by atoms with Crippen LogP contribution < -0.4 is 0 Å². The van der Waals surface area contributed by atoms with E-state index in [0.29, 0.717) is 13.1 Å². The fourth-order valence-corrected chi connectivity index (χ4v) is 2.39. The van der Waals surface area contributed by atoms with Crippen LogP contribution in [-0.4, -0.2) is 44.5 Å². The number of likely N-dealkylation sites (tertiary alicyclic amines) is 1. The second kappa shape index (κ2) is 4.42. The van der Waals surface area contributed by atoms with Crippen LogP contribution in [0.4, 0.5) is 0 Å². The van der Waals surface area contributed by atoms with E-state index in [0.717, 1.165) is 17.8 Å². The van der Waals surface area contributed by atoms with Crippen LogP contribution in [0.2, 0.25) is 0 Å². The van der Waals surface area contributed by atoms with E-state index in [1.54, 1.807) is 4.90 Å². The summed E-state index contributed by atoms with van der Waals surface area (Å²) in [7, 11) is 0. The van der Waals surface area contributed by atoms with Gasteiger partial charge in [0.15, 0.2) is 0 Å². The highest BCUT2D eigenvalue weighted by Crippen LogP contribution is 2.13. The maximum Gasteiger partial charge on any atom is 0.225 e. The Morgan fingerprint density at radius 2 is 2.33 bits per heavy atom. The molecule has 1 fully saturated rings. The largest absolute Gasteiger partial charge is 0.391 e. The van der Waals surface area contributed by atoms with E-state index >= 15 is 0 Å². The van der Waals surface area contributed by atoms with Gasteiger partial charge < -0.3 is 14.4 Å². The van der Waals surface area contributed by atoms with E-state index in [1.807, 2.05) is 35.0 Å². The van der Waals surface area contributed by atoms with Crippen LogP contribution in [-0.2, 0) is 11.2 Å². The van der Waals surface area contributed by atoms with Gasteiger partial charge in [-0.3, -0.25) is 4.79 Å². The minimum atomic E-state index is -0.500. The number of imidazole rings is 1. The van der Waals surface area contributed by atoms with Crippen molar-refractivity contribution in [3.8, 4) is 0 Å². The summed E-state index contributed by atoms with van der Waals surface area (Å²) in [5, 5.41) is 9.42. The van der Waals surface area contributed by atoms with Gasteiger partial charge in [-0.25, -0.2) is 4.98 Å². The molecule has 0 saturated carbocycles. The van der Waals surface area contributed by atoms with E-state index in [9.17, 15) is 9.90 Å². The molecule has 0 aliphatic carbocycles. The third-order valence-electron chi connectivity index (χ3n) is 3.33. The Labute approximate surface area is 105 Å². The minimum Gasteiger partial charge on any atom is -0.391 e. The lowest BCUT2D eigenvalue weighted by Gasteiger charge is -2.15. The van der Waals surface area contributed by atoms with Gasteiger partial charge in [-0.15, -0.1) is 0 Å². The zero-order chi connectivity index (χ0) is 12.5. The number of carbonyl (C=O) groups excluding carboxylic acids is 1. The first-order valence-corrected chi connectivity index (χ1v) is 6.11. The summed E-state index contributed by atoms with van der Waals surface area (Å²) >= 11 is 0. The molecule has 0 bridgehead atoms. The highest BCUT2D eigenvalue weighted by molar-refractivity contribution is 5.79. The molecule has 1 atom stereocenters. The zero-order valence-corrected chi connectivity index (χ0v) is 9.99. The van der Waals surface area contributed by atoms with Crippen LogP contribution in [0.15, 0.2) is 30.6 Å². The van der Waals surface area contributed by atoms with Gasteiger partial charge in [-0.2, -0.15) is 0 Å². The van der Waals surface area contributed by atoms with E-state index in [4.69, 9.17) is 0 Å². The number of fused-ring (bicyclic) bond motifs is 1. The molecule has 1 aliphatic rings. The standard InChI is InChI=1S/C13H15N3O2/c17-11-7-13(18)15(9-11)6-4-10-8-14-12-3-1-2-5-16(10)12/h1-3,5,8,11,17H,4,6-7,9H2. The van der Waals surface area contributed by atoms with Crippen molar-refractivity contribution in [3.63, 3.8) is 0 Å². The molecular weight excluding hydrogens is 230 g/mol. The fourth-order valence-electron chi connectivity index (χ4n) is 2.39. The molecule has 0 spiro atoms. The minimum absolute atomic E-state index is 0.0383. The number of carbonyl (C=O) groups is 1. The second-order valence-corrected chi connectivity index (χ2v) is 4.63. The van der Waals surface area contributed by atoms with E-state index < -0.39 is 6.10 Å². The third kappa shape index (κ3) is 1.97. The summed E-state index contributed by atoms with van der Waals surface area (Å²) in [6.07, 6.45) is 4.32. The highest BCUT2D eigenvalue weighted by atomic mass is 16.3. The lowest BCUT2D eigenvalue weighted by atomic mass is 10.3. The van der Waals surface area contributed by atoms with Gasteiger partial charge in [0.2, 0.25) is 5.91 Å². The maximum atomic E-state index is 11.6. The number of aliphatic hydroxyl groups is 1. The quantitative estimate of drug-likeness (QED) is 0.855. The zero-order valence-electron chi connectivity index (χ0n) is 9.99. The van der Waals surface area contributed by atoms with Gasteiger partial charge in [-0.1, -0.05) is 6.07 Å². The Hall–Kier alpha value is -1.88. The second-order valence-electron chi connectivity index (χ2n) is 4.63. The number of rotatable bonds is 3.